The van der Waals surface area contributed by atoms with E-state index in [1.165, 1.54) is 0 Å². The number of amides is 1. The molecule has 1 aliphatic heterocycles. The van der Waals surface area contributed by atoms with E-state index in [0.29, 0.717) is 0 Å². The number of carbonyl (C=O) groups excluding carboxylic acids is 1. The molecule has 1 amide bonds. The Balaban J connectivity index is 1.98. The fourth-order valence-electron chi connectivity index (χ4n) is 1.55. The first-order chi connectivity index (χ1) is 7.20. The number of morpholine rings is 1. The molecule has 88 valence electrons. The standard InChI is InChI=1S/C10H21N3O2/c1-9(10(11)14)12-3-2-4-13-5-7-15-8-6-13/h9,12H,2-8H2,1H3,(H2,11,14). The minimum Gasteiger partial charge on any atom is -0.379 e. The minimum absolute atomic E-state index is 0.227. The number of primary amides is 1. The molecule has 1 aliphatic rings. The fraction of sp³-hybridized carbons (Fsp3) is 0.900. The number of nitrogens with two attached hydrogens (primary N) is 1. The Bertz CT molecular complexity index is 193. The number of hydrogen-bond acceptors (Lipinski definition) is 4. The SMILES string of the molecule is CC(NCCCN1CCOCC1)C(N)=O. The van der Waals surface area contributed by atoms with Crippen LogP contribution < -0.4 is 11.1 Å². The summed E-state index contributed by atoms with van der Waals surface area (Å²) in [6.07, 6.45) is 1.04. The Kier molecular flexibility index (Phi) is 5.60. The van der Waals surface area contributed by atoms with Gasteiger partial charge in [-0.25, -0.2) is 0 Å². The zero-order valence-electron chi connectivity index (χ0n) is 9.37. The molecule has 5 heteroatoms. The predicted octanol–water partition coefficient (Wildman–Crippen LogP) is -0.828. The van der Waals surface area contributed by atoms with Gasteiger partial charge < -0.3 is 15.8 Å². The van der Waals surface area contributed by atoms with E-state index in [1.807, 2.05) is 0 Å². The number of carbonyl (C=O) groups is 1. The molecular weight excluding hydrogens is 194 g/mol. The summed E-state index contributed by atoms with van der Waals surface area (Å²) < 4.78 is 5.26. The van der Waals surface area contributed by atoms with Gasteiger partial charge in [0.2, 0.25) is 5.91 Å². The summed E-state index contributed by atoms with van der Waals surface area (Å²) in [5.41, 5.74) is 5.13. The number of ether oxygens (including phenoxy) is 1. The van der Waals surface area contributed by atoms with Crippen LogP contribution in [0.2, 0.25) is 0 Å². The van der Waals surface area contributed by atoms with Crippen molar-refractivity contribution >= 4 is 5.91 Å². The quantitative estimate of drug-likeness (QED) is 0.568. The minimum atomic E-state index is -0.290. The van der Waals surface area contributed by atoms with Crippen molar-refractivity contribution < 1.29 is 9.53 Å². The first kappa shape index (κ1) is 12.4. The van der Waals surface area contributed by atoms with Gasteiger partial charge in [-0.2, -0.15) is 0 Å². The van der Waals surface area contributed by atoms with E-state index >= 15 is 0 Å². The molecule has 1 rings (SSSR count). The van der Waals surface area contributed by atoms with E-state index in [4.69, 9.17) is 10.5 Å². The van der Waals surface area contributed by atoms with Crippen LogP contribution in [-0.2, 0) is 9.53 Å². The highest BCUT2D eigenvalue weighted by Crippen LogP contribution is 1.97. The summed E-state index contributed by atoms with van der Waals surface area (Å²) >= 11 is 0. The Morgan fingerprint density at radius 1 is 1.53 bits per heavy atom. The molecule has 0 spiro atoms. The van der Waals surface area contributed by atoms with Gasteiger partial charge in [-0.1, -0.05) is 0 Å². The van der Waals surface area contributed by atoms with Gasteiger partial charge >= 0.3 is 0 Å². The van der Waals surface area contributed by atoms with Gasteiger partial charge in [0, 0.05) is 13.1 Å². The van der Waals surface area contributed by atoms with E-state index in [0.717, 1.165) is 45.8 Å². The predicted molar refractivity (Wildman–Crippen MR) is 58.5 cm³/mol. The van der Waals surface area contributed by atoms with Crippen molar-refractivity contribution in [2.75, 3.05) is 39.4 Å². The summed E-state index contributed by atoms with van der Waals surface area (Å²) in [5.74, 6) is -0.290. The topological polar surface area (TPSA) is 67.6 Å². The molecule has 5 nitrogen and oxygen atoms in total. The van der Waals surface area contributed by atoms with E-state index in [-0.39, 0.29) is 11.9 Å². The summed E-state index contributed by atoms with van der Waals surface area (Å²) in [5, 5.41) is 3.09. The molecule has 0 radical (unpaired) electrons. The zero-order chi connectivity index (χ0) is 11.1. The smallest absolute Gasteiger partial charge is 0.234 e. The van der Waals surface area contributed by atoms with Crippen molar-refractivity contribution in [3.63, 3.8) is 0 Å². The first-order valence-electron chi connectivity index (χ1n) is 5.53. The second-order valence-corrected chi connectivity index (χ2v) is 3.89. The molecule has 1 heterocycles. The Labute approximate surface area is 90.9 Å². The van der Waals surface area contributed by atoms with E-state index in [1.54, 1.807) is 6.92 Å². The van der Waals surface area contributed by atoms with E-state index in [9.17, 15) is 4.79 Å². The molecule has 0 saturated carbocycles. The molecule has 3 N–H and O–H groups in total. The first-order valence-corrected chi connectivity index (χ1v) is 5.53. The molecule has 1 unspecified atom stereocenters. The molecule has 0 aromatic carbocycles. The highest BCUT2D eigenvalue weighted by Gasteiger charge is 2.10. The lowest BCUT2D eigenvalue weighted by atomic mass is 10.3. The Morgan fingerprint density at radius 2 is 2.20 bits per heavy atom. The molecule has 15 heavy (non-hydrogen) atoms. The van der Waals surface area contributed by atoms with Crippen molar-refractivity contribution in [1.29, 1.82) is 0 Å². The van der Waals surface area contributed by atoms with Gasteiger partial charge in [0.1, 0.15) is 0 Å². The number of hydrogen-bond donors (Lipinski definition) is 2. The van der Waals surface area contributed by atoms with E-state index < -0.39 is 0 Å². The highest BCUT2D eigenvalue weighted by molar-refractivity contribution is 5.79. The van der Waals surface area contributed by atoms with E-state index in [2.05, 4.69) is 10.2 Å². The van der Waals surface area contributed by atoms with Crippen LogP contribution in [0.15, 0.2) is 0 Å². The molecule has 1 atom stereocenters. The lowest BCUT2D eigenvalue weighted by Gasteiger charge is -2.26. The third-order valence-electron chi connectivity index (χ3n) is 2.63. The van der Waals surface area contributed by atoms with Gasteiger partial charge in [-0.05, 0) is 26.4 Å². The Morgan fingerprint density at radius 3 is 2.80 bits per heavy atom. The highest BCUT2D eigenvalue weighted by atomic mass is 16.5. The fourth-order valence-corrected chi connectivity index (χ4v) is 1.55. The normalized spacial score (nSPS) is 20.1. The average molecular weight is 215 g/mol. The van der Waals surface area contributed by atoms with Gasteiger partial charge in [0.05, 0.1) is 19.3 Å². The Hall–Kier alpha value is -0.650. The van der Waals surface area contributed by atoms with Crippen molar-refractivity contribution in [3.8, 4) is 0 Å². The largest absolute Gasteiger partial charge is 0.379 e. The number of nitrogens with one attached hydrogen (secondary N) is 1. The van der Waals surface area contributed by atoms with Gasteiger partial charge in [0.15, 0.2) is 0 Å². The van der Waals surface area contributed by atoms with Crippen molar-refractivity contribution in [2.45, 2.75) is 19.4 Å². The summed E-state index contributed by atoms with van der Waals surface area (Å²) in [4.78, 5) is 13.1. The monoisotopic (exact) mass is 215 g/mol. The number of nitrogens with zero attached hydrogens (tertiary/aromatic N) is 1. The maximum atomic E-state index is 10.7. The molecule has 0 bridgehead atoms. The summed E-state index contributed by atoms with van der Waals surface area (Å²) in [7, 11) is 0. The van der Waals surface area contributed by atoms with Gasteiger partial charge in [0.25, 0.3) is 0 Å². The van der Waals surface area contributed by atoms with Gasteiger partial charge in [-0.3, -0.25) is 9.69 Å². The van der Waals surface area contributed by atoms with Crippen LogP contribution in [-0.4, -0.2) is 56.2 Å². The second kappa shape index (κ2) is 6.76. The zero-order valence-corrected chi connectivity index (χ0v) is 9.37. The van der Waals surface area contributed by atoms with Crippen molar-refractivity contribution in [3.05, 3.63) is 0 Å². The molecule has 0 aromatic heterocycles. The molecule has 1 saturated heterocycles. The van der Waals surface area contributed by atoms with Crippen LogP contribution >= 0.6 is 0 Å². The molecule has 1 fully saturated rings. The van der Waals surface area contributed by atoms with Gasteiger partial charge in [-0.15, -0.1) is 0 Å². The van der Waals surface area contributed by atoms with Crippen LogP contribution in [0.4, 0.5) is 0 Å². The molecule has 0 aromatic rings. The second-order valence-electron chi connectivity index (χ2n) is 3.89. The average Bonchev–Trinajstić information content (AvgIpc) is 2.25. The number of rotatable bonds is 6. The van der Waals surface area contributed by atoms with Crippen molar-refractivity contribution in [1.82, 2.24) is 10.2 Å². The lowest BCUT2D eigenvalue weighted by Crippen LogP contribution is -2.41. The summed E-state index contributed by atoms with van der Waals surface area (Å²) in [6, 6.07) is -0.227. The van der Waals surface area contributed by atoms with Crippen LogP contribution in [0.3, 0.4) is 0 Å². The molecule has 0 aliphatic carbocycles. The maximum Gasteiger partial charge on any atom is 0.234 e. The maximum absolute atomic E-state index is 10.7. The van der Waals surface area contributed by atoms with Crippen molar-refractivity contribution in [2.24, 2.45) is 5.73 Å². The lowest BCUT2D eigenvalue weighted by molar-refractivity contribution is -0.119. The third kappa shape index (κ3) is 5.11. The third-order valence-corrected chi connectivity index (χ3v) is 2.63. The van der Waals surface area contributed by atoms with Crippen LogP contribution in [0, 0.1) is 0 Å². The molecular formula is C10H21N3O2. The summed E-state index contributed by atoms with van der Waals surface area (Å²) in [6.45, 7) is 7.40. The van der Waals surface area contributed by atoms with Crippen LogP contribution in [0.25, 0.3) is 0 Å². The van der Waals surface area contributed by atoms with Crippen LogP contribution in [0.5, 0.6) is 0 Å². The van der Waals surface area contributed by atoms with Crippen LogP contribution in [0.1, 0.15) is 13.3 Å².